The second-order valence-electron chi connectivity index (χ2n) is 3.72. The summed E-state index contributed by atoms with van der Waals surface area (Å²) >= 11 is 0. The fourth-order valence-electron chi connectivity index (χ4n) is 1.75. The molecule has 0 spiro atoms. The molecule has 0 radical (unpaired) electrons. The monoisotopic (exact) mass is 232 g/mol. The average Bonchev–Trinajstić information content (AvgIpc) is 2.71. The first-order valence-corrected chi connectivity index (χ1v) is 5.11. The van der Waals surface area contributed by atoms with Crippen molar-refractivity contribution in [2.45, 2.75) is 0 Å². The molecule has 0 fully saturated rings. The molecule has 2 aromatic carbocycles. The van der Waals surface area contributed by atoms with Crippen LogP contribution in [0.25, 0.3) is 0 Å². The summed E-state index contributed by atoms with van der Waals surface area (Å²) in [5.41, 5.74) is 0.318. The third-order valence-corrected chi connectivity index (χ3v) is 2.47. The Morgan fingerprint density at radius 3 is 1.88 bits per heavy atom. The highest BCUT2D eigenvalue weighted by Gasteiger charge is 2.34. The van der Waals surface area contributed by atoms with Crippen molar-refractivity contribution in [1.82, 2.24) is 0 Å². The van der Waals surface area contributed by atoms with Gasteiger partial charge in [0.2, 0.25) is 0 Å². The minimum Gasteiger partial charge on any atom is -0.519 e. The predicted octanol–water partition coefficient (Wildman–Crippen LogP) is 2.13. The lowest BCUT2D eigenvalue weighted by Gasteiger charge is -2.04. The lowest BCUT2D eigenvalue weighted by atomic mass is 9.79. The van der Waals surface area contributed by atoms with E-state index >= 15 is 0 Å². The zero-order valence-electron chi connectivity index (χ0n) is 8.69. The molecule has 1 heterocycles. The Bertz CT molecular complexity index is 529. The summed E-state index contributed by atoms with van der Waals surface area (Å²) in [6, 6.07) is 10.3. The largest absolute Gasteiger partial charge is 0.633 e. The average molecular weight is 232 g/mol. The lowest BCUT2D eigenvalue weighted by molar-refractivity contribution is 0.516. The molecule has 0 N–H and O–H groups in total. The summed E-state index contributed by atoms with van der Waals surface area (Å²) in [6.45, 7) is 0. The van der Waals surface area contributed by atoms with Crippen LogP contribution in [0.4, 0.5) is 8.78 Å². The van der Waals surface area contributed by atoms with E-state index < -0.39 is 18.8 Å². The van der Waals surface area contributed by atoms with Gasteiger partial charge in [-0.1, -0.05) is 12.1 Å². The maximum Gasteiger partial charge on any atom is 0.633 e. The summed E-state index contributed by atoms with van der Waals surface area (Å²) in [4.78, 5) is 0. The Morgan fingerprint density at radius 1 is 0.824 bits per heavy atom. The van der Waals surface area contributed by atoms with Crippen molar-refractivity contribution in [2.75, 3.05) is 0 Å². The highest BCUT2D eigenvalue weighted by Crippen LogP contribution is 2.32. The van der Waals surface area contributed by atoms with Gasteiger partial charge in [0.25, 0.3) is 0 Å². The fourth-order valence-corrected chi connectivity index (χ4v) is 1.75. The molecule has 2 nitrogen and oxygen atoms in total. The molecule has 0 bridgehead atoms. The van der Waals surface area contributed by atoms with Crippen molar-refractivity contribution >= 4 is 12.6 Å². The molecule has 0 aromatic heterocycles. The Morgan fingerprint density at radius 2 is 1.35 bits per heavy atom. The van der Waals surface area contributed by atoms with Gasteiger partial charge in [-0.2, -0.15) is 0 Å². The first-order valence-electron chi connectivity index (χ1n) is 5.11. The van der Waals surface area contributed by atoms with Crippen LogP contribution >= 0.6 is 0 Å². The normalized spacial score (nSPS) is 12.9. The molecule has 0 unspecified atom stereocenters. The van der Waals surface area contributed by atoms with Crippen LogP contribution in [0.5, 0.6) is 11.5 Å². The van der Waals surface area contributed by atoms with Gasteiger partial charge in [0.1, 0.15) is 23.1 Å². The van der Waals surface area contributed by atoms with Gasteiger partial charge in [-0.25, -0.2) is 8.78 Å². The smallest absolute Gasteiger partial charge is 0.519 e. The lowest BCUT2D eigenvalue weighted by Crippen LogP contribution is -2.39. The Kier molecular flexibility index (Phi) is 2.25. The topological polar surface area (TPSA) is 18.5 Å². The predicted molar refractivity (Wildman–Crippen MR) is 59.4 cm³/mol. The molecule has 0 amide bonds. The third-order valence-electron chi connectivity index (χ3n) is 2.47. The van der Waals surface area contributed by atoms with Crippen LogP contribution in [0.15, 0.2) is 42.5 Å². The highest BCUT2D eigenvalue weighted by atomic mass is 19.1. The van der Waals surface area contributed by atoms with Crippen molar-refractivity contribution in [3.8, 4) is 11.5 Å². The minimum absolute atomic E-state index is 0.318. The van der Waals surface area contributed by atoms with Crippen molar-refractivity contribution in [3.05, 3.63) is 54.1 Å². The summed E-state index contributed by atoms with van der Waals surface area (Å²) in [7, 11) is -0.794. The Balaban J connectivity index is 1.93. The molecule has 3 rings (SSSR count). The molecule has 0 saturated carbocycles. The van der Waals surface area contributed by atoms with Gasteiger partial charge >= 0.3 is 7.12 Å². The van der Waals surface area contributed by atoms with Crippen LogP contribution in [0.2, 0.25) is 0 Å². The summed E-state index contributed by atoms with van der Waals surface area (Å²) in [5, 5.41) is 0. The molecule has 84 valence electrons. The van der Waals surface area contributed by atoms with Gasteiger partial charge in [-0.05, 0) is 24.3 Å². The van der Waals surface area contributed by atoms with E-state index in [1.165, 1.54) is 12.1 Å². The van der Waals surface area contributed by atoms with E-state index in [2.05, 4.69) is 0 Å². The van der Waals surface area contributed by atoms with Crippen molar-refractivity contribution < 1.29 is 18.1 Å². The van der Waals surface area contributed by atoms with E-state index in [0.717, 1.165) is 6.07 Å². The Labute approximate surface area is 96.9 Å². The van der Waals surface area contributed by atoms with E-state index in [1.54, 1.807) is 24.3 Å². The molecular formula is C12H7BF2O2. The van der Waals surface area contributed by atoms with Gasteiger partial charge in [0.15, 0.2) is 0 Å². The molecule has 0 aliphatic carbocycles. The van der Waals surface area contributed by atoms with E-state index in [9.17, 15) is 8.78 Å². The molecule has 1 aliphatic rings. The molecule has 1 aliphatic heterocycles. The molecule has 0 saturated heterocycles. The maximum absolute atomic E-state index is 13.1. The zero-order chi connectivity index (χ0) is 11.8. The van der Waals surface area contributed by atoms with Gasteiger partial charge in [0, 0.05) is 11.5 Å². The zero-order valence-corrected chi connectivity index (χ0v) is 8.69. The first kappa shape index (κ1) is 10.1. The highest BCUT2D eigenvalue weighted by molar-refractivity contribution is 6.63. The number of halogens is 2. The molecular weight excluding hydrogens is 225 g/mol. The van der Waals surface area contributed by atoms with Crippen LogP contribution in [0.1, 0.15) is 0 Å². The molecule has 5 heteroatoms. The summed E-state index contributed by atoms with van der Waals surface area (Å²) in [6.07, 6.45) is 0. The van der Waals surface area contributed by atoms with E-state index in [-0.39, 0.29) is 0 Å². The maximum atomic E-state index is 13.1. The second-order valence-corrected chi connectivity index (χ2v) is 3.72. The van der Waals surface area contributed by atoms with Gasteiger partial charge in [-0.15, -0.1) is 0 Å². The van der Waals surface area contributed by atoms with Gasteiger partial charge in [0.05, 0.1) is 0 Å². The minimum atomic E-state index is -0.794. The van der Waals surface area contributed by atoms with Crippen molar-refractivity contribution in [1.29, 1.82) is 0 Å². The quantitative estimate of drug-likeness (QED) is 0.701. The number of para-hydroxylation sites is 2. The summed E-state index contributed by atoms with van der Waals surface area (Å²) in [5.74, 6) is -0.157. The van der Waals surface area contributed by atoms with E-state index in [1.807, 2.05) is 0 Å². The van der Waals surface area contributed by atoms with Crippen LogP contribution in [0, 0.1) is 11.6 Å². The number of benzene rings is 2. The third kappa shape index (κ3) is 1.84. The van der Waals surface area contributed by atoms with Crippen LogP contribution in [-0.2, 0) is 0 Å². The number of fused-ring (bicyclic) bond motifs is 1. The number of rotatable bonds is 1. The van der Waals surface area contributed by atoms with Gasteiger partial charge in [-0.3, -0.25) is 0 Å². The van der Waals surface area contributed by atoms with E-state index in [4.69, 9.17) is 9.31 Å². The van der Waals surface area contributed by atoms with E-state index in [0.29, 0.717) is 17.0 Å². The van der Waals surface area contributed by atoms with Crippen LogP contribution < -0.4 is 14.8 Å². The fraction of sp³-hybridized carbons (Fsp3) is 0. The standard InChI is InChI=1S/C12H7BF2O2/c14-9-5-8(6-10(15)7-9)13-16-11-3-1-2-4-12(11)17-13/h1-7H. The SMILES string of the molecule is Fc1cc(F)cc(B2Oc3ccccc3O2)c1. The Hall–Kier alpha value is -2.04. The molecule has 17 heavy (non-hydrogen) atoms. The number of hydrogen-bond donors (Lipinski definition) is 0. The molecule has 2 aromatic rings. The number of hydrogen-bond acceptors (Lipinski definition) is 2. The summed E-state index contributed by atoms with van der Waals surface area (Å²) < 4.78 is 37.0. The first-order chi connectivity index (χ1) is 8.22. The molecule has 0 atom stereocenters. The van der Waals surface area contributed by atoms with Crippen molar-refractivity contribution in [3.63, 3.8) is 0 Å². The van der Waals surface area contributed by atoms with Crippen LogP contribution in [-0.4, -0.2) is 7.12 Å². The van der Waals surface area contributed by atoms with Crippen molar-refractivity contribution in [2.24, 2.45) is 0 Å². The van der Waals surface area contributed by atoms with Gasteiger partial charge < -0.3 is 9.31 Å². The second kappa shape index (κ2) is 3.77. The van der Waals surface area contributed by atoms with Crippen LogP contribution in [0.3, 0.4) is 0 Å².